The second-order valence-electron chi connectivity index (χ2n) is 13.1. The highest BCUT2D eigenvalue weighted by atomic mass is 16.3. The summed E-state index contributed by atoms with van der Waals surface area (Å²) in [6, 6.07) is 3.69. The molecule has 0 amide bonds. The van der Waals surface area contributed by atoms with E-state index in [4.69, 9.17) is 0 Å². The lowest BCUT2D eigenvalue weighted by Gasteiger charge is -2.32. The van der Waals surface area contributed by atoms with E-state index in [9.17, 15) is 20.4 Å². The molecule has 0 fully saturated rings. The van der Waals surface area contributed by atoms with E-state index >= 15 is 0 Å². The molecule has 4 heteroatoms. The number of phenols is 4. The van der Waals surface area contributed by atoms with E-state index in [0.717, 1.165) is 11.1 Å². The molecule has 0 heterocycles. The largest absolute Gasteiger partial charge is 0.507 e. The molecule has 0 bridgehead atoms. The molecule has 0 radical (unpaired) electrons. The normalized spacial score (nSPS) is 13.5. The van der Waals surface area contributed by atoms with Crippen molar-refractivity contribution >= 4 is 0 Å². The minimum absolute atomic E-state index is 0.0744. The highest BCUT2D eigenvalue weighted by molar-refractivity contribution is 5.84. The Balaban J connectivity index is 3.17. The average Bonchev–Trinajstić information content (AvgIpc) is 2.50. The van der Waals surface area contributed by atoms with Crippen molar-refractivity contribution < 1.29 is 20.4 Å². The maximum Gasteiger partial charge on any atom is 0.134 e. The Bertz CT molecular complexity index is 958. The number of aromatic hydroxyl groups is 4. The van der Waals surface area contributed by atoms with Gasteiger partial charge >= 0.3 is 0 Å². The molecule has 32 heavy (non-hydrogen) atoms. The van der Waals surface area contributed by atoms with Gasteiger partial charge in [0.2, 0.25) is 0 Å². The summed E-state index contributed by atoms with van der Waals surface area (Å²) >= 11 is 0. The van der Waals surface area contributed by atoms with E-state index < -0.39 is 10.8 Å². The van der Waals surface area contributed by atoms with Gasteiger partial charge in [-0.2, -0.15) is 0 Å². The molecule has 0 aliphatic heterocycles. The van der Waals surface area contributed by atoms with E-state index in [1.807, 2.05) is 95.2 Å². The van der Waals surface area contributed by atoms with Gasteiger partial charge in [-0.1, -0.05) is 83.1 Å². The number of rotatable bonds is 1. The molecular formula is C28H42O4. The molecule has 0 saturated carbocycles. The van der Waals surface area contributed by atoms with Gasteiger partial charge in [-0.3, -0.25) is 0 Å². The van der Waals surface area contributed by atoms with Crippen molar-refractivity contribution in [1.29, 1.82) is 0 Å². The Hall–Kier alpha value is -2.36. The van der Waals surface area contributed by atoms with Crippen LogP contribution in [0.25, 0.3) is 11.1 Å². The Morgan fingerprint density at radius 1 is 0.438 bits per heavy atom. The Kier molecular flexibility index (Phi) is 6.15. The third-order valence-electron chi connectivity index (χ3n) is 5.94. The van der Waals surface area contributed by atoms with E-state index in [-0.39, 0.29) is 39.4 Å². The molecule has 0 aliphatic carbocycles. The summed E-state index contributed by atoms with van der Waals surface area (Å²) in [6.07, 6.45) is 0. The van der Waals surface area contributed by atoms with Crippen molar-refractivity contribution in [3.8, 4) is 34.1 Å². The average molecular weight is 443 g/mol. The summed E-state index contributed by atoms with van der Waals surface area (Å²) in [7, 11) is 0. The predicted octanol–water partition coefficient (Wildman–Crippen LogP) is 7.37. The maximum absolute atomic E-state index is 11.4. The molecule has 2 aromatic carbocycles. The summed E-state index contributed by atoms with van der Waals surface area (Å²) in [4.78, 5) is 0. The number of benzene rings is 2. The fourth-order valence-corrected chi connectivity index (χ4v) is 4.33. The van der Waals surface area contributed by atoms with Crippen LogP contribution >= 0.6 is 0 Å². The SMILES string of the molecule is CC(C)(C)c1cc(-c2c(O)c(C(C)(C)C)c(O)c(C(C)(C)C)c2O)cc(C(C)(C)C)c1O. The quantitative estimate of drug-likeness (QED) is 0.372. The maximum atomic E-state index is 11.4. The number of phenolic OH excluding ortho intramolecular Hbond substituents is 4. The van der Waals surface area contributed by atoms with Gasteiger partial charge in [-0.05, 0) is 39.4 Å². The van der Waals surface area contributed by atoms with Crippen LogP contribution in [0.3, 0.4) is 0 Å². The summed E-state index contributed by atoms with van der Waals surface area (Å²) in [5, 5.41) is 45.1. The summed E-state index contributed by atoms with van der Waals surface area (Å²) in [5.41, 5.74) is 1.33. The van der Waals surface area contributed by atoms with Crippen LogP contribution in [0, 0.1) is 0 Å². The minimum Gasteiger partial charge on any atom is -0.507 e. The molecule has 0 atom stereocenters. The Morgan fingerprint density at radius 3 is 1.00 bits per heavy atom. The first-order valence-corrected chi connectivity index (χ1v) is 11.3. The topological polar surface area (TPSA) is 80.9 Å². The molecule has 0 aliphatic rings. The second kappa shape index (κ2) is 7.60. The molecule has 2 rings (SSSR count). The fourth-order valence-electron chi connectivity index (χ4n) is 4.33. The van der Waals surface area contributed by atoms with Crippen LogP contribution in [0.5, 0.6) is 23.0 Å². The smallest absolute Gasteiger partial charge is 0.134 e. The summed E-state index contributed by atoms with van der Waals surface area (Å²) < 4.78 is 0. The van der Waals surface area contributed by atoms with Crippen LogP contribution in [0.15, 0.2) is 12.1 Å². The third kappa shape index (κ3) is 4.55. The standard InChI is InChI=1S/C28H42O4/c1-25(2,3)16-13-15(14-17(21(16)29)26(4,5)6)18-22(30)19(27(7,8)9)24(32)20(23(18)31)28(10,11)12/h13-14,29-32H,1-12H3. The van der Waals surface area contributed by atoms with Crippen molar-refractivity contribution in [2.75, 3.05) is 0 Å². The zero-order valence-corrected chi connectivity index (χ0v) is 21.9. The number of hydrogen-bond acceptors (Lipinski definition) is 4. The lowest BCUT2D eigenvalue weighted by Crippen LogP contribution is -2.19. The molecular weight excluding hydrogens is 400 g/mol. The molecule has 4 N–H and O–H groups in total. The van der Waals surface area contributed by atoms with Gasteiger partial charge in [0.15, 0.2) is 0 Å². The summed E-state index contributed by atoms with van der Waals surface area (Å²) in [5.74, 6) is -0.106. The molecule has 178 valence electrons. The van der Waals surface area contributed by atoms with Crippen molar-refractivity contribution in [1.82, 2.24) is 0 Å². The van der Waals surface area contributed by atoms with Crippen molar-refractivity contribution in [2.45, 2.75) is 105 Å². The first kappa shape index (κ1) is 25.9. The zero-order valence-electron chi connectivity index (χ0n) is 21.9. The third-order valence-corrected chi connectivity index (χ3v) is 5.94. The highest BCUT2D eigenvalue weighted by Gasteiger charge is 2.36. The molecule has 2 aromatic rings. The van der Waals surface area contributed by atoms with Crippen LogP contribution in [-0.2, 0) is 21.7 Å². The van der Waals surface area contributed by atoms with E-state index in [0.29, 0.717) is 16.7 Å². The monoisotopic (exact) mass is 442 g/mol. The molecule has 0 spiro atoms. The number of hydrogen-bond donors (Lipinski definition) is 4. The van der Waals surface area contributed by atoms with E-state index in [2.05, 4.69) is 0 Å². The van der Waals surface area contributed by atoms with Crippen LogP contribution < -0.4 is 0 Å². The van der Waals surface area contributed by atoms with Crippen LogP contribution in [0.1, 0.15) is 105 Å². The van der Waals surface area contributed by atoms with Crippen molar-refractivity contribution in [3.05, 3.63) is 34.4 Å². The lowest BCUT2D eigenvalue weighted by molar-refractivity contribution is 0.377. The van der Waals surface area contributed by atoms with Gasteiger partial charge < -0.3 is 20.4 Å². The lowest BCUT2D eigenvalue weighted by atomic mass is 9.74. The van der Waals surface area contributed by atoms with E-state index in [1.54, 1.807) is 0 Å². The van der Waals surface area contributed by atoms with Gasteiger partial charge in [0.25, 0.3) is 0 Å². The molecule has 4 nitrogen and oxygen atoms in total. The first-order chi connectivity index (χ1) is 14.1. The fraction of sp³-hybridized carbons (Fsp3) is 0.571. The van der Waals surface area contributed by atoms with Crippen LogP contribution in [0.2, 0.25) is 0 Å². The second-order valence-corrected chi connectivity index (χ2v) is 13.1. The molecule has 0 unspecified atom stereocenters. The zero-order chi connectivity index (χ0) is 25.2. The van der Waals surface area contributed by atoms with Gasteiger partial charge in [0, 0.05) is 22.3 Å². The van der Waals surface area contributed by atoms with Crippen molar-refractivity contribution in [2.24, 2.45) is 0 Å². The Morgan fingerprint density at radius 2 is 0.750 bits per heavy atom. The van der Waals surface area contributed by atoms with Gasteiger partial charge in [0.1, 0.15) is 23.0 Å². The minimum atomic E-state index is -0.562. The molecule has 0 saturated heterocycles. The van der Waals surface area contributed by atoms with E-state index in [1.165, 1.54) is 0 Å². The summed E-state index contributed by atoms with van der Waals surface area (Å²) in [6.45, 7) is 23.7. The predicted molar refractivity (Wildman–Crippen MR) is 133 cm³/mol. The van der Waals surface area contributed by atoms with Crippen LogP contribution in [0.4, 0.5) is 0 Å². The Labute approximate surface area is 194 Å². The van der Waals surface area contributed by atoms with Gasteiger partial charge in [-0.15, -0.1) is 0 Å². The first-order valence-electron chi connectivity index (χ1n) is 11.3. The van der Waals surface area contributed by atoms with Crippen LogP contribution in [-0.4, -0.2) is 20.4 Å². The van der Waals surface area contributed by atoms with Gasteiger partial charge in [-0.25, -0.2) is 0 Å². The van der Waals surface area contributed by atoms with Crippen molar-refractivity contribution in [3.63, 3.8) is 0 Å². The molecule has 0 aromatic heterocycles. The van der Waals surface area contributed by atoms with Gasteiger partial charge in [0.05, 0.1) is 5.56 Å². The highest BCUT2D eigenvalue weighted by Crippen LogP contribution is 2.55.